The average molecular weight is 363 g/mol. The molecule has 126 valence electrons. The minimum absolute atomic E-state index is 0.165. The third kappa shape index (κ3) is 2.45. The van der Waals surface area contributed by atoms with Gasteiger partial charge in [0, 0.05) is 24.7 Å². The van der Waals surface area contributed by atoms with Crippen LogP contribution in [0.15, 0.2) is 39.5 Å². The van der Waals surface area contributed by atoms with E-state index in [9.17, 15) is 13.2 Å². The quantitative estimate of drug-likeness (QED) is 0.701. The number of nitrogens with zero attached hydrogens (tertiary/aromatic N) is 3. The molecule has 1 aromatic carbocycles. The first kappa shape index (κ1) is 15.7. The third-order valence-corrected chi connectivity index (χ3v) is 7.28. The van der Waals surface area contributed by atoms with E-state index < -0.39 is 15.6 Å². The first-order valence-electron chi connectivity index (χ1n) is 7.86. The maximum atomic E-state index is 12.9. The van der Waals surface area contributed by atoms with Crippen LogP contribution >= 0.6 is 11.3 Å². The molecule has 2 aromatic heterocycles. The Hall–Kier alpha value is -1.77. The van der Waals surface area contributed by atoms with Gasteiger partial charge in [0.2, 0.25) is 10.0 Å². The molecule has 8 heteroatoms. The Morgan fingerprint density at radius 2 is 2.00 bits per heavy atom. The molecule has 1 aliphatic rings. The summed E-state index contributed by atoms with van der Waals surface area (Å²) in [6, 6.07) is 4.74. The molecule has 3 aromatic rings. The van der Waals surface area contributed by atoms with E-state index >= 15 is 0 Å². The van der Waals surface area contributed by atoms with Crippen molar-refractivity contribution in [3.8, 4) is 0 Å². The Bertz CT molecular complexity index is 1080. The normalized spacial score (nSPS) is 17.7. The van der Waals surface area contributed by atoms with Gasteiger partial charge in [-0.1, -0.05) is 6.92 Å². The molecule has 1 aliphatic heterocycles. The minimum atomic E-state index is -3.57. The summed E-state index contributed by atoms with van der Waals surface area (Å²) >= 11 is 1.37. The van der Waals surface area contributed by atoms with Crippen molar-refractivity contribution in [2.24, 2.45) is 5.92 Å². The molecule has 0 amide bonds. The van der Waals surface area contributed by atoms with Crippen molar-refractivity contribution >= 4 is 37.2 Å². The molecule has 0 saturated carbocycles. The maximum absolute atomic E-state index is 12.9. The zero-order valence-electron chi connectivity index (χ0n) is 13.2. The second kappa shape index (κ2) is 5.65. The van der Waals surface area contributed by atoms with Crippen molar-refractivity contribution in [1.29, 1.82) is 0 Å². The molecule has 6 nitrogen and oxygen atoms in total. The molecule has 0 aliphatic carbocycles. The summed E-state index contributed by atoms with van der Waals surface area (Å²) in [5.74, 6) is 0.550. The summed E-state index contributed by atoms with van der Waals surface area (Å²) in [5, 5.41) is 2.18. The van der Waals surface area contributed by atoms with Crippen molar-refractivity contribution < 1.29 is 8.42 Å². The lowest BCUT2D eigenvalue weighted by Gasteiger charge is -2.29. The van der Waals surface area contributed by atoms with Crippen LogP contribution < -0.4 is 5.56 Å². The van der Waals surface area contributed by atoms with Crippen LogP contribution in [0.2, 0.25) is 0 Å². The van der Waals surface area contributed by atoms with Gasteiger partial charge in [-0.25, -0.2) is 8.42 Å². The number of sulfonamides is 1. The number of fused-ring (bicyclic) bond motifs is 3. The van der Waals surface area contributed by atoms with E-state index in [-0.39, 0.29) is 4.90 Å². The summed E-state index contributed by atoms with van der Waals surface area (Å²) < 4.78 is 29.0. The molecule has 24 heavy (non-hydrogen) atoms. The fraction of sp³-hybridized carbons (Fsp3) is 0.375. The van der Waals surface area contributed by atoms with E-state index in [2.05, 4.69) is 11.9 Å². The largest absolute Gasteiger partial charge is 0.292 e. The lowest BCUT2D eigenvalue weighted by atomic mass is 10.0. The average Bonchev–Trinajstić information content (AvgIpc) is 3.03. The maximum Gasteiger partial charge on any atom is 0.281 e. The molecule has 0 spiro atoms. The fourth-order valence-electron chi connectivity index (χ4n) is 3.11. The van der Waals surface area contributed by atoms with E-state index in [0.29, 0.717) is 34.9 Å². The zero-order valence-corrected chi connectivity index (χ0v) is 14.8. The van der Waals surface area contributed by atoms with Crippen LogP contribution in [0.4, 0.5) is 0 Å². The van der Waals surface area contributed by atoms with Gasteiger partial charge in [-0.05, 0) is 37.0 Å². The monoisotopic (exact) mass is 363 g/mol. The Kier molecular flexibility index (Phi) is 3.70. The fourth-order valence-corrected chi connectivity index (χ4v) is 5.32. The van der Waals surface area contributed by atoms with Crippen LogP contribution in [-0.2, 0) is 10.0 Å². The molecule has 0 N–H and O–H groups in total. The highest BCUT2D eigenvalue weighted by atomic mass is 32.2. The van der Waals surface area contributed by atoms with Gasteiger partial charge in [0.15, 0.2) is 4.96 Å². The van der Waals surface area contributed by atoms with Gasteiger partial charge in [-0.3, -0.25) is 9.20 Å². The number of hydrogen-bond acceptors (Lipinski definition) is 5. The third-order valence-electron chi connectivity index (χ3n) is 4.62. The Morgan fingerprint density at radius 1 is 1.25 bits per heavy atom. The highest BCUT2D eigenvalue weighted by Crippen LogP contribution is 2.25. The molecule has 0 radical (unpaired) electrons. The Balaban J connectivity index is 1.84. The van der Waals surface area contributed by atoms with Crippen LogP contribution in [0.5, 0.6) is 0 Å². The summed E-state index contributed by atoms with van der Waals surface area (Å²) in [6.45, 7) is 3.20. The number of hydrogen-bond donors (Lipinski definition) is 0. The van der Waals surface area contributed by atoms with Crippen molar-refractivity contribution in [2.45, 2.75) is 24.7 Å². The molecule has 0 atom stereocenters. The van der Waals surface area contributed by atoms with E-state index in [4.69, 9.17) is 0 Å². The van der Waals surface area contributed by atoms with E-state index in [1.807, 2.05) is 11.6 Å². The standard InChI is InChI=1S/C16H17N3O3S2/c1-11-4-6-18(7-5-11)24(21,22)12-2-3-14-13(10-12)15(20)17-16-19(14)8-9-23-16/h2-3,8-11H,4-7H2,1H3. The minimum Gasteiger partial charge on any atom is -0.292 e. The smallest absolute Gasteiger partial charge is 0.281 e. The second-order valence-electron chi connectivity index (χ2n) is 6.24. The topological polar surface area (TPSA) is 71.8 Å². The number of piperidine rings is 1. The highest BCUT2D eigenvalue weighted by molar-refractivity contribution is 7.89. The van der Waals surface area contributed by atoms with E-state index in [0.717, 1.165) is 12.8 Å². The number of rotatable bonds is 2. The molecule has 0 unspecified atom stereocenters. The predicted octanol–water partition coefficient (Wildman–Crippen LogP) is 2.33. The SMILES string of the molecule is CC1CCN(S(=O)(=O)c2ccc3c(c2)c(=O)nc2sccn23)CC1. The van der Waals surface area contributed by atoms with Gasteiger partial charge in [0.05, 0.1) is 15.8 Å². The van der Waals surface area contributed by atoms with Crippen molar-refractivity contribution in [3.63, 3.8) is 0 Å². The first-order chi connectivity index (χ1) is 11.5. The highest BCUT2D eigenvalue weighted by Gasteiger charge is 2.28. The van der Waals surface area contributed by atoms with Gasteiger partial charge < -0.3 is 0 Å². The molecule has 1 fully saturated rings. The molecule has 0 bridgehead atoms. The van der Waals surface area contributed by atoms with Gasteiger partial charge in [-0.15, -0.1) is 11.3 Å². The summed E-state index contributed by atoms with van der Waals surface area (Å²) in [4.78, 5) is 17.1. The number of benzene rings is 1. The number of thiazole rings is 1. The van der Waals surface area contributed by atoms with Crippen molar-refractivity contribution in [3.05, 3.63) is 40.1 Å². The molecular formula is C16H17N3O3S2. The summed E-state index contributed by atoms with van der Waals surface area (Å²) in [6.07, 6.45) is 3.56. The van der Waals surface area contributed by atoms with E-state index in [1.54, 1.807) is 16.5 Å². The summed E-state index contributed by atoms with van der Waals surface area (Å²) in [5.41, 5.74) is 0.286. The Morgan fingerprint density at radius 3 is 2.75 bits per heavy atom. The predicted molar refractivity (Wildman–Crippen MR) is 94.0 cm³/mol. The van der Waals surface area contributed by atoms with Gasteiger partial charge >= 0.3 is 0 Å². The van der Waals surface area contributed by atoms with Crippen LogP contribution in [0.1, 0.15) is 19.8 Å². The van der Waals surface area contributed by atoms with Gasteiger partial charge in [-0.2, -0.15) is 9.29 Å². The summed E-state index contributed by atoms with van der Waals surface area (Å²) in [7, 11) is -3.57. The van der Waals surface area contributed by atoms with Gasteiger partial charge in [0.25, 0.3) is 5.56 Å². The molecule has 1 saturated heterocycles. The second-order valence-corrected chi connectivity index (χ2v) is 9.05. The van der Waals surface area contributed by atoms with E-state index in [1.165, 1.54) is 21.7 Å². The van der Waals surface area contributed by atoms with Crippen LogP contribution in [0.3, 0.4) is 0 Å². The first-order valence-corrected chi connectivity index (χ1v) is 10.2. The van der Waals surface area contributed by atoms with Crippen molar-refractivity contribution in [1.82, 2.24) is 13.7 Å². The molecular weight excluding hydrogens is 346 g/mol. The van der Waals surface area contributed by atoms with Crippen molar-refractivity contribution in [2.75, 3.05) is 13.1 Å². The lowest BCUT2D eigenvalue weighted by Crippen LogP contribution is -2.37. The zero-order chi connectivity index (χ0) is 16.9. The Labute approximate surface area is 143 Å². The molecule has 4 rings (SSSR count). The molecule has 3 heterocycles. The van der Waals surface area contributed by atoms with Crippen LogP contribution in [-0.4, -0.2) is 35.2 Å². The van der Waals surface area contributed by atoms with Crippen LogP contribution in [0, 0.1) is 5.92 Å². The lowest BCUT2D eigenvalue weighted by molar-refractivity contribution is 0.288. The van der Waals surface area contributed by atoms with Gasteiger partial charge in [0.1, 0.15) is 0 Å². The van der Waals surface area contributed by atoms with Crippen LogP contribution in [0.25, 0.3) is 15.9 Å². The number of aromatic nitrogens is 2.